The smallest absolute Gasteiger partial charge is 0.410 e. The Morgan fingerprint density at radius 2 is 1.74 bits per heavy atom. The molecule has 31 heavy (non-hydrogen) atoms. The number of benzene rings is 1. The number of fused-ring (bicyclic) bond motifs is 1. The van der Waals surface area contributed by atoms with Crippen molar-refractivity contribution in [1.82, 2.24) is 4.90 Å². The van der Waals surface area contributed by atoms with Crippen LogP contribution in [0.25, 0.3) is 0 Å². The van der Waals surface area contributed by atoms with E-state index in [0.29, 0.717) is 24.4 Å². The normalized spacial score (nSPS) is 26.7. The summed E-state index contributed by atoms with van der Waals surface area (Å²) >= 11 is 0. The predicted octanol–water partition coefficient (Wildman–Crippen LogP) is 3.92. The fraction of sp³-hybridized carbons (Fsp3) is 0.522. The Labute approximate surface area is 184 Å². The first-order valence-electron chi connectivity index (χ1n) is 10.8. The molecule has 0 N–H and O–H groups in total. The van der Waals surface area contributed by atoms with Gasteiger partial charge in [-0.05, 0) is 36.3 Å². The molecule has 0 bridgehead atoms. The van der Waals surface area contributed by atoms with Gasteiger partial charge in [-0.25, -0.2) is 9.69 Å². The summed E-state index contributed by atoms with van der Waals surface area (Å²) in [5, 5.41) is -0.0155. The van der Waals surface area contributed by atoms with E-state index in [0.717, 1.165) is 0 Å². The first-order chi connectivity index (χ1) is 14.5. The molecule has 1 aromatic rings. The van der Waals surface area contributed by atoms with Crippen LogP contribution in [0.3, 0.4) is 0 Å². The number of nitrogens with zero attached hydrogens (tertiary/aromatic N) is 2. The molecule has 2 saturated heterocycles. The van der Waals surface area contributed by atoms with Crippen molar-refractivity contribution in [3.8, 4) is 0 Å². The number of hydrogen-bond acceptors (Lipinski definition) is 5. The van der Waals surface area contributed by atoms with Gasteiger partial charge in [-0.15, -0.1) is 0 Å². The lowest BCUT2D eigenvalue weighted by Crippen LogP contribution is -2.48. The molecular weight excluding hydrogens is 412 g/mol. The van der Waals surface area contributed by atoms with Crippen molar-refractivity contribution < 1.29 is 23.5 Å². The van der Waals surface area contributed by atoms with Crippen LogP contribution in [0.4, 0.5) is 10.5 Å². The first-order valence-corrected chi connectivity index (χ1v) is 13.7. The number of rotatable bonds is 4. The van der Waals surface area contributed by atoms with Crippen molar-refractivity contribution in [2.75, 3.05) is 18.1 Å². The number of cyclic esters (lactones) is 1. The maximum absolute atomic E-state index is 13.4. The number of allylic oxidation sites excluding steroid dienone is 1. The number of ether oxygens (including phenoxy) is 1. The van der Waals surface area contributed by atoms with Crippen LogP contribution in [0, 0.1) is 11.8 Å². The minimum atomic E-state index is -2.16. The van der Waals surface area contributed by atoms with Crippen molar-refractivity contribution in [2.24, 2.45) is 11.8 Å². The molecule has 7 nitrogen and oxygen atoms in total. The molecule has 2 heterocycles. The molecule has 0 saturated carbocycles. The molecule has 3 aliphatic rings. The van der Waals surface area contributed by atoms with E-state index in [2.05, 4.69) is 33.9 Å². The third-order valence-electron chi connectivity index (χ3n) is 6.98. The van der Waals surface area contributed by atoms with E-state index in [9.17, 15) is 14.4 Å². The van der Waals surface area contributed by atoms with Crippen molar-refractivity contribution >= 4 is 31.9 Å². The number of hydrogen-bond donors (Lipinski definition) is 0. The number of imide groups is 1. The van der Waals surface area contributed by atoms with Gasteiger partial charge < -0.3 is 9.16 Å². The second-order valence-corrected chi connectivity index (χ2v) is 14.7. The van der Waals surface area contributed by atoms with E-state index in [-0.39, 0.29) is 23.5 Å². The topological polar surface area (TPSA) is 76.2 Å². The average molecular weight is 443 g/mol. The first kappa shape index (κ1) is 21.6. The Kier molecular flexibility index (Phi) is 5.24. The van der Waals surface area contributed by atoms with Gasteiger partial charge >= 0.3 is 6.09 Å². The van der Waals surface area contributed by atoms with Crippen molar-refractivity contribution in [1.29, 1.82) is 0 Å². The average Bonchev–Trinajstić information content (AvgIpc) is 3.22. The number of amides is 3. The highest BCUT2D eigenvalue weighted by atomic mass is 28.4. The molecule has 1 aliphatic carbocycles. The van der Waals surface area contributed by atoms with E-state index < -0.39 is 32.3 Å². The molecule has 3 atom stereocenters. The molecule has 0 unspecified atom stereocenters. The maximum Gasteiger partial charge on any atom is 0.410 e. The molecule has 4 rings (SSSR count). The minimum Gasteiger partial charge on any atom is -0.547 e. The van der Waals surface area contributed by atoms with Gasteiger partial charge in [0.1, 0.15) is 6.61 Å². The molecule has 0 aromatic heterocycles. The zero-order chi connectivity index (χ0) is 22.6. The summed E-state index contributed by atoms with van der Waals surface area (Å²) in [6, 6.07) is 8.41. The summed E-state index contributed by atoms with van der Waals surface area (Å²) < 4.78 is 11.7. The van der Waals surface area contributed by atoms with Crippen LogP contribution in [0.1, 0.15) is 27.2 Å². The van der Waals surface area contributed by atoms with E-state index in [1.165, 1.54) is 4.90 Å². The summed E-state index contributed by atoms with van der Waals surface area (Å²) in [5.41, 5.74) is 0.557. The van der Waals surface area contributed by atoms with Crippen LogP contribution in [0.15, 0.2) is 42.2 Å². The van der Waals surface area contributed by atoms with Crippen LogP contribution in [-0.2, 0) is 18.8 Å². The zero-order valence-electron chi connectivity index (χ0n) is 18.8. The van der Waals surface area contributed by atoms with Gasteiger partial charge in [-0.2, -0.15) is 0 Å². The quantitative estimate of drug-likeness (QED) is 0.522. The SMILES string of the molecule is CC(C)(C)[Si](C)(C)OC1=C[C@@H](N2CCOC2=O)[C@H]2C(=O)N(c3ccccc3)C(=O)[C@H]2C1. The lowest BCUT2D eigenvalue weighted by molar-refractivity contribution is -0.122. The molecular formula is C23H30N2O5Si. The fourth-order valence-corrected chi connectivity index (χ4v) is 5.39. The number of para-hydroxylation sites is 1. The van der Waals surface area contributed by atoms with Crippen LogP contribution >= 0.6 is 0 Å². The highest BCUT2D eigenvalue weighted by Crippen LogP contribution is 2.45. The second-order valence-electron chi connectivity index (χ2n) is 9.98. The molecule has 0 radical (unpaired) electrons. The van der Waals surface area contributed by atoms with Crippen LogP contribution in [-0.4, -0.2) is 50.3 Å². The molecule has 166 valence electrons. The van der Waals surface area contributed by atoms with Gasteiger partial charge in [0.25, 0.3) is 0 Å². The largest absolute Gasteiger partial charge is 0.547 e. The van der Waals surface area contributed by atoms with Crippen molar-refractivity contribution in [3.05, 3.63) is 42.2 Å². The van der Waals surface area contributed by atoms with E-state index in [1.807, 2.05) is 12.1 Å². The Bertz CT molecular complexity index is 937. The molecule has 1 aromatic carbocycles. The van der Waals surface area contributed by atoms with Gasteiger partial charge in [-0.1, -0.05) is 39.0 Å². The predicted molar refractivity (Wildman–Crippen MR) is 119 cm³/mol. The Morgan fingerprint density at radius 3 is 2.32 bits per heavy atom. The monoisotopic (exact) mass is 442 g/mol. The summed E-state index contributed by atoms with van der Waals surface area (Å²) in [5.74, 6) is -0.994. The molecule has 3 amide bonds. The fourth-order valence-electron chi connectivity index (χ4n) is 4.27. The molecule has 2 fully saturated rings. The van der Waals surface area contributed by atoms with Crippen LogP contribution in [0.5, 0.6) is 0 Å². The lowest BCUT2D eigenvalue weighted by Gasteiger charge is -2.40. The highest BCUT2D eigenvalue weighted by molar-refractivity contribution is 6.74. The highest BCUT2D eigenvalue weighted by Gasteiger charge is 2.56. The van der Waals surface area contributed by atoms with Gasteiger partial charge in [0.05, 0.1) is 35.9 Å². The van der Waals surface area contributed by atoms with E-state index >= 15 is 0 Å². The third kappa shape index (κ3) is 3.67. The number of carbonyl (C=O) groups excluding carboxylic acids is 3. The number of carbonyl (C=O) groups is 3. The Hall–Kier alpha value is -2.61. The van der Waals surface area contributed by atoms with Crippen molar-refractivity contribution in [2.45, 2.75) is 51.4 Å². The minimum absolute atomic E-state index is 0.0155. The Balaban J connectivity index is 1.72. The van der Waals surface area contributed by atoms with Gasteiger partial charge in [-0.3, -0.25) is 14.5 Å². The van der Waals surface area contributed by atoms with Crippen LogP contribution in [0.2, 0.25) is 18.1 Å². The summed E-state index contributed by atoms with van der Waals surface area (Å²) in [4.78, 5) is 42.1. The summed E-state index contributed by atoms with van der Waals surface area (Å²) in [6.45, 7) is 11.4. The van der Waals surface area contributed by atoms with Gasteiger partial charge in [0.2, 0.25) is 20.1 Å². The maximum atomic E-state index is 13.4. The molecule has 8 heteroatoms. The van der Waals surface area contributed by atoms with Gasteiger partial charge in [0, 0.05) is 6.42 Å². The van der Waals surface area contributed by atoms with E-state index in [1.54, 1.807) is 29.2 Å². The second kappa shape index (κ2) is 7.51. The van der Waals surface area contributed by atoms with Crippen molar-refractivity contribution in [3.63, 3.8) is 0 Å². The standard InChI is InChI=1S/C23H30N2O5Si/c1-23(2,3)31(4,5)30-16-13-17-19(18(14-16)24-11-12-29-22(24)28)21(27)25(20(17)26)15-9-7-6-8-10-15/h6-10,14,17-19H,11-13H2,1-5H3/t17-,18+,19-/m0/s1. The van der Waals surface area contributed by atoms with Crippen LogP contribution < -0.4 is 4.90 Å². The van der Waals surface area contributed by atoms with Gasteiger partial charge in [0.15, 0.2) is 0 Å². The lowest BCUT2D eigenvalue weighted by atomic mass is 9.80. The third-order valence-corrected chi connectivity index (χ3v) is 11.4. The molecule has 0 spiro atoms. The zero-order valence-corrected chi connectivity index (χ0v) is 19.8. The molecule has 2 aliphatic heterocycles. The summed E-state index contributed by atoms with van der Waals surface area (Å²) in [7, 11) is -2.16. The Morgan fingerprint density at radius 1 is 1.06 bits per heavy atom. The number of anilines is 1. The summed E-state index contributed by atoms with van der Waals surface area (Å²) in [6.07, 6.45) is 1.80. The van der Waals surface area contributed by atoms with E-state index in [4.69, 9.17) is 9.16 Å².